The maximum absolute atomic E-state index is 13.0. The lowest BCUT2D eigenvalue weighted by atomic mass is 10.2. The summed E-state index contributed by atoms with van der Waals surface area (Å²) in [5.41, 5.74) is 2.67. The van der Waals surface area contributed by atoms with Crippen molar-refractivity contribution in [2.75, 3.05) is 26.3 Å². The van der Waals surface area contributed by atoms with Crippen LogP contribution in [0.1, 0.15) is 17.3 Å². The summed E-state index contributed by atoms with van der Waals surface area (Å²) < 4.78 is 18.2. The third-order valence-electron chi connectivity index (χ3n) is 2.87. The van der Waals surface area contributed by atoms with Crippen molar-refractivity contribution >= 4 is 11.7 Å². The number of hydrogen-bond acceptors (Lipinski definition) is 3. The molecule has 19 heavy (non-hydrogen) atoms. The second kappa shape index (κ2) is 6.29. The van der Waals surface area contributed by atoms with Crippen LogP contribution in [0, 0.1) is 5.82 Å². The van der Waals surface area contributed by atoms with E-state index < -0.39 is 11.7 Å². The Kier molecular flexibility index (Phi) is 4.46. The van der Waals surface area contributed by atoms with Gasteiger partial charge < -0.3 is 9.64 Å². The summed E-state index contributed by atoms with van der Waals surface area (Å²) in [6, 6.07) is 5.49. The highest BCUT2D eigenvalue weighted by Gasteiger charge is 2.12. The van der Waals surface area contributed by atoms with Gasteiger partial charge in [0, 0.05) is 18.7 Å². The number of ether oxygens (including phenoxy) is 1. The Hall–Kier alpha value is -1.95. The summed E-state index contributed by atoms with van der Waals surface area (Å²) in [4.78, 5) is 13.8. The Morgan fingerprint density at radius 1 is 1.42 bits per heavy atom. The highest BCUT2D eigenvalue weighted by atomic mass is 19.1. The number of nitrogens with one attached hydrogen (secondary N) is 1. The average molecular weight is 265 g/mol. The number of hydrazone groups is 1. The van der Waals surface area contributed by atoms with Crippen LogP contribution in [0.2, 0.25) is 0 Å². The van der Waals surface area contributed by atoms with Gasteiger partial charge in [-0.3, -0.25) is 4.79 Å². The van der Waals surface area contributed by atoms with Crippen molar-refractivity contribution in [2.24, 2.45) is 5.10 Å². The van der Waals surface area contributed by atoms with E-state index in [-0.39, 0.29) is 5.56 Å². The minimum absolute atomic E-state index is 0.249. The predicted molar refractivity (Wildman–Crippen MR) is 69.4 cm³/mol. The normalized spacial score (nSPS) is 16.3. The summed E-state index contributed by atoms with van der Waals surface area (Å²) >= 11 is 0. The summed E-state index contributed by atoms with van der Waals surface area (Å²) in [6.07, 6.45) is 0. The van der Waals surface area contributed by atoms with Crippen LogP contribution in [0.3, 0.4) is 0 Å². The maximum Gasteiger partial charge on any atom is 0.271 e. The molecule has 1 N–H and O–H groups in total. The molecule has 0 spiro atoms. The van der Waals surface area contributed by atoms with Crippen molar-refractivity contribution in [3.05, 3.63) is 35.6 Å². The fourth-order valence-electron chi connectivity index (χ4n) is 1.78. The van der Waals surface area contributed by atoms with Crippen molar-refractivity contribution in [3.63, 3.8) is 0 Å². The minimum atomic E-state index is -0.443. The Balaban J connectivity index is 1.95. The molecule has 0 saturated carbocycles. The molecule has 1 amide bonds. The van der Waals surface area contributed by atoms with E-state index in [4.69, 9.17) is 4.74 Å². The summed E-state index contributed by atoms with van der Waals surface area (Å²) in [6.45, 7) is 4.64. The summed E-state index contributed by atoms with van der Waals surface area (Å²) in [5.74, 6) is -0.151. The first-order valence-corrected chi connectivity index (χ1v) is 6.10. The van der Waals surface area contributed by atoms with Crippen LogP contribution in [-0.4, -0.2) is 42.9 Å². The van der Waals surface area contributed by atoms with Crippen LogP contribution < -0.4 is 5.43 Å². The van der Waals surface area contributed by atoms with E-state index in [1.165, 1.54) is 24.3 Å². The van der Waals surface area contributed by atoms with E-state index in [1.807, 2.05) is 11.8 Å². The largest absolute Gasteiger partial charge is 0.378 e. The lowest BCUT2D eigenvalue weighted by Crippen LogP contribution is -2.40. The van der Waals surface area contributed by atoms with E-state index in [0.29, 0.717) is 19.0 Å². The molecule has 5 nitrogen and oxygen atoms in total. The lowest BCUT2D eigenvalue weighted by molar-refractivity contribution is 0.0674. The van der Waals surface area contributed by atoms with Crippen molar-refractivity contribution in [1.29, 1.82) is 0 Å². The third kappa shape index (κ3) is 3.75. The molecule has 1 aliphatic rings. The number of nitrogens with zero attached hydrogens (tertiary/aromatic N) is 2. The van der Waals surface area contributed by atoms with E-state index in [9.17, 15) is 9.18 Å². The van der Waals surface area contributed by atoms with Crippen molar-refractivity contribution in [3.8, 4) is 0 Å². The van der Waals surface area contributed by atoms with E-state index in [2.05, 4.69) is 10.5 Å². The molecule has 1 heterocycles. The molecule has 0 unspecified atom stereocenters. The van der Waals surface area contributed by atoms with Gasteiger partial charge in [-0.15, -0.1) is 0 Å². The standard InChI is InChI=1S/C13H16FN3O2/c1-10(17-5-7-19-8-6-17)15-16-13(18)11-3-2-4-12(14)9-11/h2-4,9H,5-8H2,1H3,(H,16,18)/b15-10+. The zero-order chi connectivity index (χ0) is 13.7. The van der Waals surface area contributed by atoms with E-state index >= 15 is 0 Å². The molecule has 0 radical (unpaired) electrons. The molecule has 1 aromatic carbocycles. The highest BCUT2D eigenvalue weighted by molar-refractivity contribution is 5.95. The van der Waals surface area contributed by atoms with Gasteiger partial charge in [-0.25, -0.2) is 9.82 Å². The van der Waals surface area contributed by atoms with Gasteiger partial charge in [-0.1, -0.05) is 6.07 Å². The third-order valence-corrected chi connectivity index (χ3v) is 2.87. The predicted octanol–water partition coefficient (Wildman–Crippen LogP) is 1.22. The molecule has 102 valence electrons. The first kappa shape index (κ1) is 13.5. The first-order chi connectivity index (χ1) is 9.16. The van der Waals surface area contributed by atoms with Gasteiger partial charge >= 0.3 is 0 Å². The number of hydrogen-bond donors (Lipinski definition) is 1. The number of amidine groups is 1. The van der Waals surface area contributed by atoms with Gasteiger partial charge in [0.15, 0.2) is 0 Å². The minimum Gasteiger partial charge on any atom is -0.378 e. The molecule has 0 atom stereocenters. The van der Waals surface area contributed by atoms with Crippen LogP contribution in [-0.2, 0) is 4.74 Å². The molecular formula is C13H16FN3O2. The molecule has 1 saturated heterocycles. The molecular weight excluding hydrogens is 249 g/mol. The van der Waals surface area contributed by atoms with E-state index in [1.54, 1.807) is 0 Å². The number of rotatable bonds is 2. The van der Waals surface area contributed by atoms with Crippen LogP contribution in [0.4, 0.5) is 4.39 Å². The van der Waals surface area contributed by atoms with Crippen LogP contribution >= 0.6 is 0 Å². The number of morpholine rings is 1. The zero-order valence-electron chi connectivity index (χ0n) is 10.7. The smallest absolute Gasteiger partial charge is 0.271 e. The number of halogens is 1. The fourth-order valence-corrected chi connectivity index (χ4v) is 1.78. The molecule has 6 heteroatoms. The highest BCUT2D eigenvalue weighted by Crippen LogP contribution is 2.03. The topological polar surface area (TPSA) is 53.9 Å². The molecule has 2 rings (SSSR count). The SMILES string of the molecule is C/C(=N\NC(=O)c1cccc(F)c1)N1CCOCC1. The molecule has 0 bridgehead atoms. The average Bonchev–Trinajstić information content (AvgIpc) is 2.45. The maximum atomic E-state index is 13.0. The van der Waals surface area contributed by atoms with Gasteiger partial charge in [0.1, 0.15) is 11.7 Å². The molecule has 1 aromatic rings. The molecule has 1 aliphatic heterocycles. The number of amides is 1. The van der Waals surface area contributed by atoms with Gasteiger partial charge in [-0.05, 0) is 25.1 Å². The molecule has 0 aromatic heterocycles. The molecule has 1 fully saturated rings. The Bertz CT molecular complexity index is 485. The van der Waals surface area contributed by atoms with Gasteiger partial charge in [0.25, 0.3) is 5.91 Å². The number of benzene rings is 1. The quantitative estimate of drug-likeness (QED) is 0.497. The fraction of sp³-hybridized carbons (Fsp3) is 0.385. The lowest BCUT2D eigenvalue weighted by Gasteiger charge is -2.27. The Morgan fingerprint density at radius 2 is 2.16 bits per heavy atom. The summed E-state index contributed by atoms with van der Waals surface area (Å²) in [5, 5.41) is 4.02. The van der Waals surface area contributed by atoms with Gasteiger partial charge in [0.05, 0.1) is 13.2 Å². The second-order valence-corrected chi connectivity index (χ2v) is 4.21. The summed E-state index contributed by atoms with van der Waals surface area (Å²) in [7, 11) is 0. The Labute approximate surface area is 111 Å². The first-order valence-electron chi connectivity index (χ1n) is 6.10. The van der Waals surface area contributed by atoms with Crippen LogP contribution in [0.25, 0.3) is 0 Å². The molecule has 0 aliphatic carbocycles. The van der Waals surface area contributed by atoms with Crippen molar-refractivity contribution < 1.29 is 13.9 Å². The van der Waals surface area contributed by atoms with Gasteiger partial charge in [-0.2, -0.15) is 5.10 Å². The van der Waals surface area contributed by atoms with Crippen LogP contribution in [0.5, 0.6) is 0 Å². The van der Waals surface area contributed by atoms with Crippen molar-refractivity contribution in [2.45, 2.75) is 6.92 Å². The zero-order valence-corrected chi connectivity index (χ0v) is 10.7. The number of carbonyl (C=O) groups is 1. The monoisotopic (exact) mass is 265 g/mol. The Morgan fingerprint density at radius 3 is 2.84 bits per heavy atom. The second-order valence-electron chi connectivity index (χ2n) is 4.21. The van der Waals surface area contributed by atoms with Gasteiger partial charge in [0.2, 0.25) is 0 Å². The van der Waals surface area contributed by atoms with Crippen molar-refractivity contribution in [1.82, 2.24) is 10.3 Å². The van der Waals surface area contributed by atoms with E-state index in [0.717, 1.165) is 13.1 Å². The van der Waals surface area contributed by atoms with Crippen LogP contribution in [0.15, 0.2) is 29.4 Å². The number of carbonyl (C=O) groups excluding carboxylic acids is 1.